The van der Waals surface area contributed by atoms with Crippen LogP contribution in [0.3, 0.4) is 0 Å². The molecule has 0 saturated heterocycles. The Hall–Kier alpha value is -6.65. The summed E-state index contributed by atoms with van der Waals surface area (Å²) in [5.74, 6) is 1.94. The summed E-state index contributed by atoms with van der Waals surface area (Å²) in [4.78, 5) is 14.9. The van der Waals surface area contributed by atoms with Crippen LogP contribution in [0.15, 0.2) is 182 Å². The van der Waals surface area contributed by atoms with E-state index in [1.165, 1.54) is 27.5 Å². The molecule has 0 radical (unpaired) electrons. The van der Waals surface area contributed by atoms with Gasteiger partial charge in [-0.25, -0.2) is 15.0 Å². The second-order valence-corrected chi connectivity index (χ2v) is 12.1. The monoisotopic (exact) mass is 626 g/mol. The van der Waals surface area contributed by atoms with Crippen molar-refractivity contribution >= 4 is 21.8 Å². The molecule has 0 saturated carbocycles. The van der Waals surface area contributed by atoms with Gasteiger partial charge in [0.05, 0.1) is 11.0 Å². The minimum absolute atomic E-state index is 0.638. The molecule has 9 rings (SSSR count). The van der Waals surface area contributed by atoms with Gasteiger partial charge in [0.15, 0.2) is 17.5 Å². The predicted molar refractivity (Wildman–Crippen MR) is 201 cm³/mol. The molecule has 0 bridgehead atoms. The molecule has 0 N–H and O–H groups in total. The lowest BCUT2D eigenvalue weighted by molar-refractivity contribution is 1.07. The maximum atomic E-state index is 5.01. The van der Waals surface area contributed by atoms with Crippen molar-refractivity contribution in [2.45, 2.75) is 0 Å². The van der Waals surface area contributed by atoms with Crippen molar-refractivity contribution in [1.82, 2.24) is 19.5 Å². The molecule has 0 fully saturated rings. The van der Waals surface area contributed by atoms with E-state index >= 15 is 0 Å². The molecule has 4 heteroatoms. The quantitative estimate of drug-likeness (QED) is 0.184. The highest BCUT2D eigenvalue weighted by Crippen LogP contribution is 2.36. The Morgan fingerprint density at radius 3 is 1.37 bits per heavy atom. The summed E-state index contributed by atoms with van der Waals surface area (Å²) in [6.07, 6.45) is 0. The third-order valence-electron chi connectivity index (χ3n) is 9.06. The van der Waals surface area contributed by atoms with Crippen molar-refractivity contribution in [3.05, 3.63) is 182 Å². The number of fused-ring (bicyclic) bond motifs is 3. The Morgan fingerprint density at radius 1 is 0.286 bits per heavy atom. The summed E-state index contributed by atoms with van der Waals surface area (Å²) in [6, 6.07) is 63.5. The summed E-state index contributed by atoms with van der Waals surface area (Å²) in [5.41, 5.74) is 10.9. The second kappa shape index (κ2) is 12.2. The van der Waals surface area contributed by atoms with Crippen molar-refractivity contribution in [3.63, 3.8) is 0 Å². The van der Waals surface area contributed by atoms with Gasteiger partial charge in [-0.2, -0.15) is 0 Å². The fourth-order valence-corrected chi connectivity index (χ4v) is 6.64. The molecule has 0 aliphatic carbocycles. The van der Waals surface area contributed by atoms with E-state index in [4.69, 9.17) is 15.0 Å². The Bertz CT molecular complexity index is 2520. The smallest absolute Gasteiger partial charge is 0.164 e. The second-order valence-electron chi connectivity index (χ2n) is 12.1. The molecule has 0 spiro atoms. The average molecular weight is 627 g/mol. The number of hydrogen-bond acceptors (Lipinski definition) is 3. The number of aromatic nitrogens is 4. The molecule has 0 aliphatic heterocycles. The zero-order valence-corrected chi connectivity index (χ0v) is 26.6. The third kappa shape index (κ3) is 5.35. The Labute approximate surface area is 284 Å². The van der Waals surface area contributed by atoms with Crippen LogP contribution in [-0.2, 0) is 0 Å². The van der Waals surface area contributed by atoms with E-state index < -0.39 is 0 Å². The topological polar surface area (TPSA) is 43.6 Å². The largest absolute Gasteiger partial charge is 0.309 e. The van der Waals surface area contributed by atoms with Gasteiger partial charge in [-0.3, -0.25) is 0 Å². The van der Waals surface area contributed by atoms with Crippen LogP contribution in [0, 0.1) is 0 Å². The van der Waals surface area contributed by atoms with Crippen LogP contribution in [0.25, 0.3) is 83.9 Å². The summed E-state index contributed by atoms with van der Waals surface area (Å²) < 4.78 is 2.35. The van der Waals surface area contributed by atoms with Crippen LogP contribution in [0.1, 0.15) is 0 Å². The van der Waals surface area contributed by atoms with Crippen LogP contribution in [0.2, 0.25) is 0 Å². The first-order chi connectivity index (χ1) is 24.3. The Kier molecular flexibility index (Phi) is 7.10. The average Bonchev–Trinajstić information content (AvgIpc) is 3.52. The SMILES string of the molecule is c1ccc(-c2ccc(-c3cccc(-n4c5ccccc5c5ccc(-c6nc(-c7ccccc7)nc(-c7ccccc7)n6)cc54)c3)cc2)cc1. The number of para-hydroxylation sites is 1. The maximum absolute atomic E-state index is 5.01. The number of rotatable bonds is 6. The van der Waals surface area contributed by atoms with Crippen LogP contribution in [0.4, 0.5) is 0 Å². The van der Waals surface area contributed by atoms with E-state index in [-0.39, 0.29) is 0 Å². The minimum atomic E-state index is 0.638. The van der Waals surface area contributed by atoms with Crippen molar-refractivity contribution < 1.29 is 0 Å². The standard InChI is InChI=1S/C45H30N4/c1-4-13-31(14-5-1)32-23-25-33(26-24-32)36-19-12-20-38(29-36)49-41-22-11-10-21-39(41)40-28-27-37(30-42(40)49)45-47-43(34-15-6-2-7-16-34)46-44(48-45)35-17-8-3-9-18-35/h1-30H. The van der Waals surface area contributed by atoms with Crippen LogP contribution >= 0.6 is 0 Å². The fraction of sp³-hybridized carbons (Fsp3) is 0. The van der Waals surface area contributed by atoms with Crippen molar-refractivity contribution in [2.24, 2.45) is 0 Å². The van der Waals surface area contributed by atoms with E-state index in [1.54, 1.807) is 0 Å². The summed E-state index contributed by atoms with van der Waals surface area (Å²) in [5, 5.41) is 2.38. The van der Waals surface area contributed by atoms with Crippen molar-refractivity contribution in [2.75, 3.05) is 0 Å². The van der Waals surface area contributed by atoms with E-state index in [0.717, 1.165) is 39.0 Å². The van der Waals surface area contributed by atoms with Gasteiger partial charge in [0.1, 0.15) is 0 Å². The van der Waals surface area contributed by atoms with Crippen LogP contribution in [0.5, 0.6) is 0 Å². The van der Waals surface area contributed by atoms with Crippen molar-refractivity contribution in [3.8, 4) is 62.1 Å². The van der Waals surface area contributed by atoms with Crippen molar-refractivity contribution in [1.29, 1.82) is 0 Å². The van der Waals surface area contributed by atoms with E-state index in [2.05, 4.69) is 126 Å². The first kappa shape index (κ1) is 28.6. The van der Waals surface area contributed by atoms with Gasteiger partial charge >= 0.3 is 0 Å². The Morgan fingerprint density at radius 2 is 0.735 bits per heavy atom. The molecule has 0 atom stereocenters. The molecule has 230 valence electrons. The van der Waals surface area contributed by atoms with E-state index in [1.807, 2.05) is 60.7 Å². The highest BCUT2D eigenvalue weighted by Gasteiger charge is 2.17. The zero-order chi connectivity index (χ0) is 32.6. The van der Waals surface area contributed by atoms with Gasteiger partial charge < -0.3 is 4.57 Å². The van der Waals surface area contributed by atoms with Gasteiger partial charge in [-0.1, -0.05) is 158 Å². The molecular weight excluding hydrogens is 597 g/mol. The van der Waals surface area contributed by atoms with Crippen LogP contribution in [-0.4, -0.2) is 19.5 Å². The third-order valence-corrected chi connectivity index (χ3v) is 9.06. The lowest BCUT2D eigenvalue weighted by atomic mass is 10.00. The number of nitrogens with zero attached hydrogens (tertiary/aromatic N) is 4. The first-order valence-corrected chi connectivity index (χ1v) is 16.5. The maximum Gasteiger partial charge on any atom is 0.164 e. The molecule has 0 amide bonds. The molecule has 0 aliphatic rings. The predicted octanol–water partition coefficient (Wildman–Crippen LogP) is 11.3. The van der Waals surface area contributed by atoms with Gasteiger partial charge in [0.25, 0.3) is 0 Å². The minimum Gasteiger partial charge on any atom is -0.309 e. The molecule has 9 aromatic rings. The molecule has 4 nitrogen and oxygen atoms in total. The summed E-state index contributed by atoms with van der Waals surface area (Å²) >= 11 is 0. The van der Waals surface area contributed by atoms with Gasteiger partial charge in [0, 0.05) is 33.2 Å². The lowest BCUT2D eigenvalue weighted by Gasteiger charge is -2.12. The summed E-state index contributed by atoms with van der Waals surface area (Å²) in [7, 11) is 0. The van der Waals surface area contributed by atoms with E-state index in [0.29, 0.717) is 17.5 Å². The molecule has 49 heavy (non-hydrogen) atoms. The van der Waals surface area contributed by atoms with E-state index in [9.17, 15) is 0 Å². The summed E-state index contributed by atoms with van der Waals surface area (Å²) in [6.45, 7) is 0. The molecule has 0 unspecified atom stereocenters. The molecular formula is C45H30N4. The normalized spacial score (nSPS) is 11.3. The molecule has 2 heterocycles. The lowest BCUT2D eigenvalue weighted by Crippen LogP contribution is -2.00. The fourth-order valence-electron chi connectivity index (χ4n) is 6.64. The number of hydrogen-bond donors (Lipinski definition) is 0. The highest BCUT2D eigenvalue weighted by atomic mass is 15.0. The van der Waals surface area contributed by atoms with Gasteiger partial charge in [-0.15, -0.1) is 0 Å². The van der Waals surface area contributed by atoms with Crippen LogP contribution < -0.4 is 0 Å². The first-order valence-electron chi connectivity index (χ1n) is 16.5. The zero-order valence-electron chi connectivity index (χ0n) is 26.6. The van der Waals surface area contributed by atoms with Gasteiger partial charge in [-0.05, 0) is 46.5 Å². The highest BCUT2D eigenvalue weighted by molar-refractivity contribution is 6.10. The number of benzene rings is 7. The molecule has 2 aromatic heterocycles. The molecule has 7 aromatic carbocycles. The Balaban J connectivity index is 1.19. The van der Waals surface area contributed by atoms with Gasteiger partial charge in [0.2, 0.25) is 0 Å².